The van der Waals surface area contributed by atoms with Gasteiger partial charge in [-0.2, -0.15) is 5.10 Å². The molecular weight excluding hydrogens is 463 g/mol. The Bertz CT molecular complexity index is 1150. The molecule has 0 radical (unpaired) electrons. The van der Waals surface area contributed by atoms with Crippen LogP contribution in [0.1, 0.15) is 15.9 Å². The Morgan fingerprint density at radius 3 is 2.38 bits per heavy atom. The molecule has 1 fully saturated rings. The third-order valence-electron chi connectivity index (χ3n) is 4.53. The summed E-state index contributed by atoms with van der Waals surface area (Å²) < 4.78 is 43.4. The van der Waals surface area contributed by atoms with Crippen LogP contribution in [0.15, 0.2) is 60.0 Å². The maximum atomic E-state index is 14.7. The highest BCUT2D eigenvalue weighted by Gasteiger charge is 2.31. The Balaban J connectivity index is 1.82. The van der Waals surface area contributed by atoms with Gasteiger partial charge < -0.3 is 10.6 Å². The highest BCUT2D eigenvalue weighted by atomic mass is 35.5. The zero-order valence-electron chi connectivity index (χ0n) is 16.5. The van der Waals surface area contributed by atoms with Crippen LogP contribution in [0.2, 0.25) is 5.02 Å². The van der Waals surface area contributed by atoms with E-state index in [0.717, 1.165) is 29.3 Å². The molecule has 0 saturated carbocycles. The van der Waals surface area contributed by atoms with Crippen molar-refractivity contribution in [3.63, 3.8) is 0 Å². The number of anilines is 1. The van der Waals surface area contributed by atoms with E-state index in [-0.39, 0.29) is 51.4 Å². The van der Waals surface area contributed by atoms with Gasteiger partial charge in [0.15, 0.2) is 5.11 Å². The van der Waals surface area contributed by atoms with Crippen molar-refractivity contribution in [2.45, 2.75) is 0 Å². The number of hydrogen-bond acceptors (Lipinski definition) is 4. The van der Waals surface area contributed by atoms with Crippen LogP contribution < -0.4 is 16.1 Å². The molecule has 11 heteroatoms. The SMILES string of the molecule is C=C1CN(c2cc(F)c(/C=N/NC(N)=S)cc2F)CC(=C)N1C(=O)c1ccc(Cl)cc1F. The number of hydrogen-bond donors (Lipinski definition) is 2. The summed E-state index contributed by atoms with van der Waals surface area (Å²) in [6.07, 6.45) is 1.04. The number of benzene rings is 2. The quantitative estimate of drug-likeness (QED) is 0.395. The average molecular weight is 480 g/mol. The molecule has 1 aliphatic rings. The number of nitrogens with zero attached hydrogens (tertiary/aromatic N) is 3. The van der Waals surface area contributed by atoms with Crippen LogP contribution in [0.4, 0.5) is 18.9 Å². The molecule has 0 atom stereocenters. The van der Waals surface area contributed by atoms with Gasteiger partial charge in [-0.1, -0.05) is 24.8 Å². The fourth-order valence-corrected chi connectivity index (χ4v) is 3.37. The highest BCUT2D eigenvalue weighted by Crippen LogP contribution is 2.30. The third-order valence-corrected chi connectivity index (χ3v) is 4.86. The molecule has 0 aromatic heterocycles. The topological polar surface area (TPSA) is 74.0 Å². The monoisotopic (exact) mass is 479 g/mol. The lowest BCUT2D eigenvalue weighted by Crippen LogP contribution is -2.45. The predicted octanol–water partition coefficient (Wildman–Crippen LogP) is 3.91. The first kappa shape index (κ1) is 23.3. The van der Waals surface area contributed by atoms with Crippen LogP contribution in [0.5, 0.6) is 0 Å². The average Bonchev–Trinajstić information content (AvgIpc) is 2.69. The Kier molecular flexibility index (Phi) is 6.85. The molecule has 0 bridgehead atoms. The van der Waals surface area contributed by atoms with Gasteiger partial charge >= 0.3 is 0 Å². The van der Waals surface area contributed by atoms with Gasteiger partial charge in [0.05, 0.1) is 30.6 Å². The maximum absolute atomic E-state index is 14.7. The van der Waals surface area contributed by atoms with Gasteiger partial charge in [0.1, 0.15) is 17.5 Å². The largest absolute Gasteiger partial charge is 0.375 e. The molecular formula is C21H17ClF3N5OS. The van der Waals surface area contributed by atoms with Crippen LogP contribution >= 0.6 is 23.8 Å². The van der Waals surface area contributed by atoms with Crippen molar-refractivity contribution >= 4 is 46.7 Å². The Labute approximate surface area is 192 Å². The van der Waals surface area contributed by atoms with Crippen LogP contribution in [0, 0.1) is 17.5 Å². The zero-order valence-corrected chi connectivity index (χ0v) is 18.1. The van der Waals surface area contributed by atoms with E-state index in [2.05, 4.69) is 35.9 Å². The number of rotatable bonds is 4. The summed E-state index contributed by atoms with van der Waals surface area (Å²) in [6, 6.07) is 5.62. The fraction of sp³-hybridized carbons (Fsp3) is 0.0952. The van der Waals surface area contributed by atoms with E-state index in [9.17, 15) is 18.0 Å². The first-order valence-corrected chi connectivity index (χ1v) is 9.84. The Morgan fingerprint density at radius 2 is 1.78 bits per heavy atom. The molecule has 1 amide bonds. The van der Waals surface area contributed by atoms with Gasteiger partial charge in [0, 0.05) is 28.0 Å². The molecule has 1 heterocycles. The summed E-state index contributed by atoms with van der Waals surface area (Å²) in [4.78, 5) is 15.4. The molecule has 6 nitrogen and oxygen atoms in total. The standard InChI is InChI=1S/C21H17ClF3N5OS/c1-11-9-29(19-7-16(23)13(5-18(19)25)8-27-28-21(26)32)10-12(2)30(11)20(31)15-4-3-14(22)6-17(15)24/h3-8H,1-2,9-10H2,(H3,26,28,32)/b27-8+. The molecule has 166 valence electrons. The van der Waals surface area contributed by atoms with Crippen LogP contribution in [0.3, 0.4) is 0 Å². The number of nitrogens with one attached hydrogen (secondary N) is 1. The number of thiocarbonyl (C=S) groups is 1. The summed E-state index contributed by atoms with van der Waals surface area (Å²) in [5, 5.41) is 3.63. The van der Waals surface area contributed by atoms with E-state index in [1.807, 2.05) is 0 Å². The van der Waals surface area contributed by atoms with Crippen LogP contribution in [-0.4, -0.2) is 35.2 Å². The minimum absolute atomic E-state index is 0.0211. The summed E-state index contributed by atoms with van der Waals surface area (Å²) >= 11 is 10.3. The van der Waals surface area contributed by atoms with Crippen molar-refractivity contribution in [3.8, 4) is 0 Å². The second kappa shape index (κ2) is 9.41. The third kappa shape index (κ3) is 4.92. The van der Waals surface area contributed by atoms with Gasteiger partial charge in [0.25, 0.3) is 5.91 Å². The smallest absolute Gasteiger partial charge is 0.265 e. The number of carbonyl (C=O) groups excluding carboxylic acids is 1. The lowest BCUT2D eigenvalue weighted by atomic mass is 10.1. The minimum Gasteiger partial charge on any atom is -0.375 e. The lowest BCUT2D eigenvalue weighted by Gasteiger charge is -2.39. The number of hydrazone groups is 1. The van der Waals surface area contributed by atoms with Crippen molar-refractivity contribution < 1.29 is 18.0 Å². The number of carbonyl (C=O) groups is 1. The van der Waals surface area contributed by atoms with Crippen LogP contribution in [0.25, 0.3) is 0 Å². The zero-order chi connectivity index (χ0) is 23.6. The number of nitrogens with two attached hydrogens (primary N) is 1. The molecule has 32 heavy (non-hydrogen) atoms. The van der Waals surface area contributed by atoms with Gasteiger partial charge in [-0.15, -0.1) is 0 Å². The van der Waals surface area contributed by atoms with Gasteiger partial charge in [0.2, 0.25) is 0 Å². The molecule has 3 rings (SSSR count). The first-order chi connectivity index (χ1) is 15.1. The van der Waals surface area contributed by atoms with E-state index >= 15 is 0 Å². The molecule has 1 saturated heterocycles. The first-order valence-electron chi connectivity index (χ1n) is 9.06. The highest BCUT2D eigenvalue weighted by molar-refractivity contribution is 7.80. The van der Waals surface area contributed by atoms with Crippen molar-refractivity contribution in [3.05, 3.63) is 88.5 Å². The molecule has 3 N–H and O–H groups in total. The normalized spacial score (nSPS) is 14.2. The summed E-state index contributed by atoms with van der Waals surface area (Å²) in [5.41, 5.74) is 7.50. The summed E-state index contributed by atoms with van der Waals surface area (Å²) in [7, 11) is 0. The van der Waals surface area contributed by atoms with E-state index in [0.29, 0.717) is 0 Å². The van der Waals surface area contributed by atoms with Gasteiger partial charge in [-0.05, 0) is 36.5 Å². The Hall–Kier alpha value is -3.37. The van der Waals surface area contributed by atoms with Gasteiger partial charge in [-0.3, -0.25) is 15.1 Å². The Morgan fingerprint density at radius 1 is 1.12 bits per heavy atom. The number of piperazine rings is 1. The predicted molar refractivity (Wildman–Crippen MR) is 122 cm³/mol. The fourth-order valence-electron chi connectivity index (χ4n) is 3.16. The van der Waals surface area contributed by atoms with Crippen LogP contribution in [-0.2, 0) is 0 Å². The summed E-state index contributed by atoms with van der Waals surface area (Å²) in [6.45, 7) is 7.61. The minimum atomic E-state index is -0.791. The molecule has 1 aliphatic heterocycles. The van der Waals surface area contributed by atoms with Crippen molar-refractivity contribution in [2.24, 2.45) is 10.8 Å². The van der Waals surface area contributed by atoms with E-state index in [1.54, 1.807) is 0 Å². The second-order valence-corrected chi connectivity index (χ2v) is 7.69. The molecule has 2 aromatic carbocycles. The summed E-state index contributed by atoms with van der Waals surface area (Å²) in [5.74, 6) is -2.95. The van der Waals surface area contributed by atoms with E-state index < -0.39 is 23.4 Å². The number of halogens is 4. The van der Waals surface area contributed by atoms with Crippen molar-refractivity contribution in [1.82, 2.24) is 10.3 Å². The molecule has 2 aromatic rings. The van der Waals surface area contributed by atoms with Crippen molar-refractivity contribution in [2.75, 3.05) is 18.0 Å². The van der Waals surface area contributed by atoms with E-state index in [1.165, 1.54) is 17.0 Å². The van der Waals surface area contributed by atoms with Crippen molar-refractivity contribution in [1.29, 1.82) is 0 Å². The van der Waals surface area contributed by atoms with E-state index in [4.69, 9.17) is 17.3 Å². The van der Waals surface area contributed by atoms with Gasteiger partial charge in [-0.25, -0.2) is 13.2 Å². The molecule has 0 spiro atoms. The number of amides is 1. The molecule has 0 unspecified atom stereocenters. The molecule has 0 aliphatic carbocycles. The second-order valence-electron chi connectivity index (χ2n) is 6.81. The lowest BCUT2D eigenvalue weighted by molar-refractivity contribution is 0.0831. The maximum Gasteiger partial charge on any atom is 0.265 e.